The summed E-state index contributed by atoms with van der Waals surface area (Å²) in [6.45, 7) is 2.16. The highest BCUT2D eigenvalue weighted by Gasteiger charge is 2.42. The van der Waals surface area contributed by atoms with Gasteiger partial charge in [0.15, 0.2) is 11.6 Å². The van der Waals surface area contributed by atoms with Gasteiger partial charge in [0, 0.05) is 17.2 Å². The molecular formula is C39H30F10O2. The van der Waals surface area contributed by atoms with Crippen LogP contribution in [0.15, 0.2) is 91.0 Å². The molecule has 0 N–H and O–H groups in total. The van der Waals surface area contributed by atoms with Crippen LogP contribution in [0.1, 0.15) is 50.2 Å². The lowest BCUT2D eigenvalue weighted by atomic mass is 9.96. The molecule has 12 heteroatoms. The Kier molecular flexibility index (Phi) is 11.3. The van der Waals surface area contributed by atoms with Gasteiger partial charge in [-0.15, -0.1) is 13.2 Å². The maximum atomic E-state index is 15.3. The molecule has 0 aliphatic rings. The van der Waals surface area contributed by atoms with E-state index in [1.807, 2.05) is 24.3 Å². The number of benzene rings is 5. The van der Waals surface area contributed by atoms with E-state index in [9.17, 15) is 35.1 Å². The van der Waals surface area contributed by atoms with E-state index >= 15 is 8.78 Å². The van der Waals surface area contributed by atoms with Crippen molar-refractivity contribution in [2.24, 2.45) is 0 Å². The van der Waals surface area contributed by atoms with Crippen LogP contribution in [0.4, 0.5) is 43.9 Å². The van der Waals surface area contributed by atoms with E-state index in [0.717, 1.165) is 30.5 Å². The van der Waals surface area contributed by atoms with Crippen LogP contribution in [0, 0.1) is 29.1 Å². The standard InChI is InChI=1S/C39H30F10O2/c1-2-3-4-5-6-7-23-8-10-24(11-9-23)25-12-15-29(31(40)18-25)26-13-16-30(32(41)19-26)27-20-34(43)37(35(44)21-27)38(45,46)50-28-14-17-36(33(42)22-28)51-39(47,48)49/h8-22H,2-7H2,1H3. The number of halogens is 10. The van der Waals surface area contributed by atoms with Gasteiger partial charge in [0.2, 0.25) is 0 Å². The van der Waals surface area contributed by atoms with Crippen molar-refractivity contribution in [3.05, 3.63) is 131 Å². The molecule has 0 spiro atoms. The first-order valence-electron chi connectivity index (χ1n) is 16.0. The predicted molar refractivity (Wildman–Crippen MR) is 173 cm³/mol. The van der Waals surface area contributed by atoms with E-state index in [0.29, 0.717) is 29.8 Å². The number of hydrogen-bond acceptors (Lipinski definition) is 2. The largest absolute Gasteiger partial charge is 0.573 e. The van der Waals surface area contributed by atoms with Crippen LogP contribution in [0.2, 0.25) is 0 Å². The van der Waals surface area contributed by atoms with Crippen molar-refractivity contribution in [1.82, 2.24) is 0 Å². The molecule has 268 valence electrons. The van der Waals surface area contributed by atoms with E-state index in [1.54, 1.807) is 6.07 Å². The summed E-state index contributed by atoms with van der Waals surface area (Å²) in [4.78, 5) is 0. The van der Waals surface area contributed by atoms with Crippen LogP contribution in [0.5, 0.6) is 11.5 Å². The molecule has 0 heterocycles. The molecule has 0 fully saturated rings. The summed E-state index contributed by atoms with van der Waals surface area (Å²) >= 11 is 0. The number of aryl methyl sites for hydroxylation is 1. The number of unbranched alkanes of at least 4 members (excludes halogenated alkanes) is 4. The zero-order chi connectivity index (χ0) is 36.9. The number of rotatable bonds is 13. The fourth-order valence-electron chi connectivity index (χ4n) is 5.60. The second kappa shape index (κ2) is 15.5. The molecule has 2 nitrogen and oxygen atoms in total. The molecule has 0 bridgehead atoms. The molecule has 0 aromatic heterocycles. The summed E-state index contributed by atoms with van der Waals surface area (Å²) in [5.74, 6) is -9.57. The first-order chi connectivity index (χ1) is 24.1. The smallest absolute Gasteiger partial charge is 0.429 e. The minimum absolute atomic E-state index is 0.0480. The van der Waals surface area contributed by atoms with Crippen LogP contribution in [-0.4, -0.2) is 6.36 Å². The summed E-state index contributed by atoms with van der Waals surface area (Å²) < 4.78 is 149. The van der Waals surface area contributed by atoms with E-state index in [2.05, 4.69) is 16.4 Å². The van der Waals surface area contributed by atoms with Crippen LogP contribution in [0.25, 0.3) is 33.4 Å². The molecule has 0 saturated carbocycles. The molecule has 51 heavy (non-hydrogen) atoms. The van der Waals surface area contributed by atoms with Crippen LogP contribution in [0.3, 0.4) is 0 Å². The number of ether oxygens (including phenoxy) is 2. The highest BCUT2D eigenvalue weighted by Crippen LogP contribution is 2.39. The third-order valence-electron chi connectivity index (χ3n) is 8.12. The summed E-state index contributed by atoms with van der Waals surface area (Å²) in [6.07, 6.45) is -3.24. The number of alkyl halides is 5. The average Bonchev–Trinajstić information content (AvgIpc) is 3.05. The molecule has 0 radical (unpaired) electrons. The van der Waals surface area contributed by atoms with Crippen LogP contribution < -0.4 is 9.47 Å². The first kappa shape index (κ1) is 37.3. The fourth-order valence-corrected chi connectivity index (χ4v) is 5.60. The lowest BCUT2D eigenvalue weighted by Crippen LogP contribution is -2.25. The summed E-state index contributed by atoms with van der Waals surface area (Å²) in [5.41, 5.74) is -0.0534. The second-order valence-corrected chi connectivity index (χ2v) is 11.8. The summed E-state index contributed by atoms with van der Waals surface area (Å²) in [5, 5.41) is 0. The minimum atomic E-state index is -5.27. The Morgan fingerprint density at radius 2 is 1.04 bits per heavy atom. The van der Waals surface area contributed by atoms with Crippen molar-refractivity contribution in [3.63, 3.8) is 0 Å². The molecule has 0 aliphatic carbocycles. The maximum absolute atomic E-state index is 15.3. The highest BCUT2D eigenvalue weighted by atomic mass is 19.4. The Morgan fingerprint density at radius 3 is 1.63 bits per heavy atom. The Balaban J connectivity index is 1.31. The normalized spacial score (nSPS) is 11.9. The first-order valence-corrected chi connectivity index (χ1v) is 16.0. The van der Waals surface area contributed by atoms with Gasteiger partial charge in [-0.1, -0.05) is 81.1 Å². The van der Waals surface area contributed by atoms with Gasteiger partial charge in [0.05, 0.1) is 0 Å². The SMILES string of the molecule is CCCCCCCc1ccc(-c2ccc(-c3ccc(-c4cc(F)c(C(F)(F)Oc5ccc(OC(F)(F)F)c(F)c5)c(F)c4)c(F)c3)c(F)c2)cc1. The zero-order valence-corrected chi connectivity index (χ0v) is 27.0. The van der Waals surface area contributed by atoms with E-state index in [4.69, 9.17) is 0 Å². The monoisotopic (exact) mass is 720 g/mol. The lowest BCUT2D eigenvalue weighted by molar-refractivity contribution is -0.275. The Labute approximate surface area is 287 Å². The van der Waals surface area contributed by atoms with E-state index < -0.39 is 69.7 Å². The van der Waals surface area contributed by atoms with Gasteiger partial charge >= 0.3 is 12.5 Å². The van der Waals surface area contributed by atoms with Gasteiger partial charge in [-0.3, -0.25) is 0 Å². The topological polar surface area (TPSA) is 18.5 Å². The maximum Gasteiger partial charge on any atom is 0.573 e. The lowest BCUT2D eigenvalue weighted by Gasteiger charge is -2.20. The van der Waals surface area contributed by atoms with Gasteiger partial charge in [0.1, 0.15) is 34.6 Å². The molecule has 0 amide bonds. The Hall–Kier alpha value is -5.00. The quantitative estimate of drug-likeness (QED) is 0.0891. The van der Waals surface area contributed by atoms with Crippen molar-refractivity contribution < 1.29 is 53.4 Å². The third kappa shape index (κ3) is 9.22. The van der Waals surface area contributed by atoms with Crippen LogP contribution >= 0.6 is 0 Å². The van der Waals surface area contributed by atoms with Gasteiger partial charge < -0.3 is 9.47 Å². The van der Waals surface area contributed by atoms with Crippen molar-refractivity contribution in [2.45, 2.75) is 57.9 Å². The summed E-state index contributed by atoms with van der Waals surface area (Å²) in [6, 6.07) is 17.4. The van der Waals surface area contributed by atoms with Gasteiger partial charge in [0.25, 0.3) is 0 Å². The minimum Gasteiger partial charge on any atom is -0.429 e. The van der Waals surface area contributed by atoms with Crippen molar-refractivity contribution in [2.75, 3.05) is 0 Å². The molecular weight excluding hydrogens is 690 g/mol. The molecule has 5 aromatic carbocycles. The third-order valence-corrected chi connectivity index (χ3v) is 8.12. The van der Waals surface area contributed by atoms with Gasteiger partial charge in [-0.2, -0.15) is 8.78 Å². The molecule has 5 aromatic rings. The molecule has 0 atom stereocenters. The fraction of sp³-hybridized carbons (Fsp3) is 0.231. The van der Waals surface area contributed by atoms with E-state index in [-0.39, 0.29) is 17.2 Å². The Morgan fingerprint density at radius 1 is 0.490 bits per heavy atom. The molecule has 0 unspecified atom stereocenters. The molecule has 0 aliphatic heterocycles. The zero-order valence-electron chi connectivity index (χ0n) is 27.0. The predicted octanol–water partition coefficient (Wildman–Crippen LogP) is 12.9. The summed E-state index contributed by atoms with van der Waals surface area (Å²) in [7, 11) is 0. The van der Waals surface area contributed by atoms with Crippen LogP contribution in [-0.2, 0) is 12.5 Å². The highest BCUT2D eigenvalue weighted by molar-refractivity contribution is 5.74. The Bertz CT molecular complexity index is 1970. The van der Waals surface area contributed by atoms with E-state index in [1.165, 1.54) is 49.4 Å². The van der Waals surface area contributed by atoms with Gasteiger partial charge in [-0.05, 0) is 77.1 Å². The molecule has 0 saturated heterocycles. The number of hydrogen-bond donors (Lipinski definition) is 0. The van der Waals surface area contributed by atoms with Crippen molar-refractivity contribution in [3.8, 4) is 44.9 Å². The second-order valence-electron chi connectivity index (χ2n) is 11.8. The van der Waals surface area contributed by atoms with Gasteiger partial charge in [-0.25, -0.2) is 22.0 Å². The molecule has 5 rings (SSSR count). The van der Waals surface area contributed by atoms with Crippen molar-refractivity contribution in [1.29, 1.82) is 0 Å². The van der Waals surface area contributed by atoms with Crippen molar-refractivity contribution >= 4 is 0 Å². The average molecular weight is 721 g/mol.